The van der Waals surface area contributed by atoms with E-state index in [2.05, 4.69) is 32.6 Å². The minimum Gasteiger partial charge on any atom is -0.329 e. The van der Waals surface area contributed by atoms with E-state index in [1.807, 2.05) is 59.6 Å². The van der Waals surface area contributed by atoms with Gasteiger partial charge in [-0.25, -0.2) is 4.79 Å². The lowest BCUT2D eigenvalue weighted by Gasteiger charge is -2.29. The number of hydrogen-bond donors (Lipinski definition) is 1. The highest BCUT2D eigenvalue weighted by atomic mass is 16.2. The zero-order valence-electron chi connectivity index (χ0n) is 16.0. The molecule has 2 aromatic rings. The van der Waals surface area contributed by atoms with E-state index in [-0.39, 0.29) is 12.1 Å². The molecular weight excluding hydrogens is 352 g/mol. The summed E-state index contributed by atoms with van der Waals surface area (Å²) < 4.78 is 0. The summed E-state index contributed by atoms with van der Waals surface area (Å²) >= 11 is 0. The zero-order valence-corrected chi connectivity index (χ0v) is 16.0. The number of amides is 2. The number of aliphatic imine (C=N–C) groups is 1. The predicted octanol–water partition coefficient (Wildman–Crippen LogP) is 3.58. The normalized spacial score (nSPS) is 20.9. The molecule has 1 atom stereocenters. The van der Waals surface area contributed by atoms with Gasteiger partial charge in [-0.2, -0.15) is 4.99 Å². The Morgan fingerprint density at radius 3 is 2.43 bits per heavy atom. The number of rotatable bonds is 4. The minimum absolute atomic E-state index is 0.0576. The highest BCUT2D eigenvalue weighted by Crippen LogP contribution is 2.24. The Hall–Kier alpha value is -3.06. The second-order valence-corrected chi connectivity index (χ2v) is 7.17. The molecule has 0 bridgehead atoms. The SMILES string of the molecule is CN1CCN(N=Nc2ccc(C3=NC(=O)NC(c4ccccc4)C3)cc2)CC1. The van der Waals surface area contributed by atoms with E-state index in [1.165, 1.54) is 0 Å². The number of urea groups is 1. The first-order chi connectivity index (χ1) is 13.7. The van der Waals surface area contributed by atoms with Crippen molar-refractivity contribution in [3.05, 3.63) is 65.7 Å². The van der Waals surface area contributed by atoms with Crippen LogP contribution in [0.15, 0.2) is 69.9 Å². The summed E-state index contributed by atoms with van der Waals surface area (Å²) in [6.07, 6.45) is 0.665. The van der Waals surface area contributed by atoms with Crippen molar-refractivity contribution >= 4 is 17.4 Å². The third-order valence-electron chi connectivity index (χ3n) is 5.10. The number of nitrogens with one attached hydrogen (secondary N) is 1. The molecular formula is C21H24N6O. The predicted molar refractivity (Wildman–Crippen MR) is 109 cm³/mol. The first kappa shape index (κ1) is 18.3. The van der Waals surface area contributed by atoms with Gasteiger partial charge in [-0.15, -0.1) is 5.11 Å². The quantitative estimate of drug-likeness (QED) is 0.829. The zero-order chi connectivity index (χ0) is 19.3. The second kappa shape index (κ2) is 8.31. The number of benzene rings is 2. The highest BCUT2D eigenvalue weighted by Gasteiger charge is 2.23. The van der Waals surface area contributed by atoms with Crippen LogP contribution in [0.4, 0.5) is 10.5 Å². The van der Waals surface area contributed by atoms with Gasteiger partial charge in [0, 0.05) is 19.5 Å². The van der Waals surface area contributed by atoms with Crippen molar-refractivity contribution < 1.29 is 4.79 Å². The van der Waals surface area contributed by atoms with Crippen molar-refractivity contribution in [3.63, 3.8) is 0 Å². The van der Waals surface area contributed by atoms with Crippen LogP contribution in [0.1, 0.15) is 23.6 Å². The number of hydrogen-bond acceptors (Lipinski definition) is 4. The molecule has 0 radical (unpaired) electrons. The van der Waals surface area contributed by atoms with Gasteiger partial charge in [-0.05, 0) is 30.3 Å². The van der Waals surface area contributed by atoms with Gasteiger partial charge in [0.15, 0.2) is 0 Å². The summed E-state index contributed by atoms with van der Waals surface area (Å²) in [5.74, 6) is 0. The molecule has 2 heterocycles. The molecule has 0 aromatic heterocycles. The molecule has 2 amide bonds. The molecule has 1 N–H and O–H groups in total. The Morgan fingerprint density at radius 1 is 1.00 bits per heavy atom. The van der Waals surface area contributed by atoms with E-state index >= 15 is 0 Å². The van der Waals surface area contributed by atoms with Gasteiger partial charge < -0.3 is 10.2 Å². The van der Waals surface area contributed by atoms with Crippen LogP contribution >= 0.6 is 0 Å². The van der Waals surface area contributed by atoms with Crippen molar-refractivity contribution in [1.82, 2.24) is 15.2 Å². The summed E-state index contributed by atoms with van der Waals surface area (Å²) in [5, 5.41) is 13.6. The largest absolute Gasteiger partial charge is 0.341 e. The van der Waals surface area contributed by atoms with E-state index in [4.69, 9.17) is 0 Å². The lowest BCUT2D eigenvalue weighted by atomic mass is 9.96. The number of likely N-dealkylation sites (N-methyl/N-ethyl adjacent to an activating group) is 1. The van der Waals surface area contributed by atoms with Gasteiger partial charge in [0.05, 0.1) is 30.5 Å². The van der Waals surface area contributed by atoms with Gasteiger partial charge in [0.1, 0.15) is 0 Å². The van der Waals surface area contributed by atoms with E-state index in [9.17, 15) is 4.79 Å². The van der Waals surface area contributed by atoms with Gasteiger partial charge in [-0.1, -0.05) is 47.7 Å². The molecule has 1 fully saturated rings. The van der Waals surface area contributed by atoms with Crippen LogP contribution in [0, 0.1) is 0 Å². The molecule has 7 heteroatoms. The summed E-state index contributed by atoms with van der Waals surface area (Å²) in [6, 6.07) is 17.4. The summed E-state index contributed by atoms with van der Waals surface area (Å²) in [7, 11) is 2.11. The first-order valence-electron chi connectivity index (χ1n) is 9.56. The van der Waals surface area contributed by atoms with Gasteiger partial charge in [0.2, 0.25) is 0 Å². The highest BCUT2D eigenvalue weighted by molar-refractivity contribution is 6.08. The Morgan fingerprint density at radius 2 is 1.71 bits per heavy atom. The maximum absolute atomic E-state index is 12.1. The fourth-order valence-corrected chi connectivity index (χ4v) is 3.38. The van der Waals surface area contributed by atoms with Crippen molar-refractivity contribution in [3.8, 4) is 0 Å². The molecule has 4 rings (SSSR count). The topological polar surface area (TPSA) is 72.7 Å². The van der Waals surface area contributed by atoms with E-state index < -0.39 is 0 Å². The molecule has 1 saturated heterocycles. The van der Waals surface area contributed by atoms with Crippen molar-refractivity contribution in [2.24, 2.45) is 15.3 Å². The molecule has 0 spiro atoms. The molecule has 144 valence electrons. The summed E-state index contributed by atoms with van der Waals surface area (Å²) in [5.41, 5.74) is 3.61. The van der Waals surface area contributed by atoms with E-state index in [0.717, 1.165) is 48.7 Å². The minimum atomic E-state index is -0.297. The molecule has 7 nitrogen and oxygen atoms in total. The fraction of sp³-hybridized carbons (Fsp3) is 0.333. The average Bonchev–Trinajstić information content (AvgIpc) is 2.74. The molecule has 0 saturated carbocycles. The maximum atomic E-state index is 12.1. The smallest absolute Gasteiger partial charge is 0.329 e. The average molecular weight is 376 g/mol. The van der Waals surface area contributed by atoms with Crippen LogP contribution in [0.25, 0.3) is 0 Å². The van der Waals surface area contributed by atoms with Crippen LogP contribution in [0.2, 0.25) is 0 Å². The number of piperazine rings is 1. The number of nitrogens with zero attached hydrogens (tertiary/aromatic N) is 5. The number of carbonyl (C=O) groups is 1. The lowest BCUT2D eigenvalue weighted by molar-refractivity contribution is 0.150. The standard InChI is InChI=1S/C21H24N6O/c1-26-11-13-27(14-12-26)25-24-18-9-7-17(8-10-18)20-15-19(22-21(28)23-20)16-5-3-2-4-6-16/h2-10,19H,11-15H2,1H3,(H,22,28). The molecule has 1 unspecified atom stereocenters. The fourth-order valence-electron chi connectivity index (χ4n) is 3.38. The molecule has 2 aliphatic heterocycles. The van der Waals surface area contributed by atoms with Gasteiger partial charge >= 0.3 is 6.03 Å². The van der Waals surface area contributed by atoms with Crippen molar-refractivity contribution in [2.45, 2.75) is 12.5 Å². The van der Waals surface area contributed by atoms with Crippen molar-refractivity contribution in [1.29, 1.82) is 0 Å². The van der Waals surface area contributed by atoms with Gasteiger partial charge in [0.25, 0.3) is 0 Å². The Balaban J connectivity index is 1.44. The van der Waals surface area contributed by atoms with Crippen LogP contribution in [0.3, 0.4) is 0 Å². The molecule has 28 heavy (non-hydrogen) atoms. The van der Waals surface area contributed by atoms with Gasteiger partial charge in [-0.3, -0.25) is 5.01 Å². The third-order valence-corrected chi connectivity index (χ3v) is 5.10. The Kier molecular flexibility index (Phi) is 5.43. The lowest BCUT2D eigenvalue weighted by Crippen LogP contribution is -2.41. The Labute approximate surface area is 164 Å². The van der Waals surface area contributed by atoms with Crippen molar-refractivity contribution in [2.75, 3.05) is 33.2 Å². The van der Waals surface area contributed by atoms with Crippen LogP contribution < -0.4 is 5.32 Å². The summed E-state index contributed by atoms with van der Waals surface area (Å²) in [4.78, 5) is 18.5. The second-order valence-electron chi connectivity index (χ2n) is 7.17. The van der Waals surface area contributed by atoms with Crippen LogP contribution in [0.5, 0.6) is 0 Å². The molecule has 2 aromatic carbocycles. The molecule has 0 aliphatic carbocycles. The summed E-state index contributed by atoms with van der Waals surface area (Å²) in [6.45, 7) is 3.79. The monoisotopic (exact) mass is 376 g/mol. The van der Waals surface area contributed by atoms with E-state index in [1.54, 1.807) is 0 Å². The third kappa shape index (κ3) is 4.43. The first-order valence-corrected chi connectivity index (χ1v) is 9.56. The Bertz CT molecular complexity index is 870. The van der Waals surface area contributed by atoms with Crippen LogP contribution in [-0.4, -0.2) is 54.9 Å². The maximum Gasteiger partial charge on any atom is 0.341 e. The molecule has 2 aliphatic rings. The number of carbonyl (C=O) groups excluding carboxylic acids is 1. The van der Waals surface area contributed by atoms with Crippen LogP contribution in [-0.2, 0) is 0 Å². The van der Waals surface area contributed by atoms with E-state index in [0.29, 0.717) is 6.42 Å².